The van der Waals surface area contributed by atoms with Crippen molar-refractivity contribution in [3.8, 4) is 5.75 Å². The quantitative estimate of drug-likeness (QED) is 0.827. The third kappa shape index (κ3) is 3.80. The number of rotatable bonds is 6. The molecule has 0 spiro atoms. The van der Waals surface area contributed by atoms with Crippen LogP contribution in [-0.2, 0) is 13.0 Å². The molecule has 18 heavy (non-hydrogen) atoms. The molecule has 5 heteroatoms. The van der Waals surface area contributed by atoms with Crippen LogP contribution < -0.4 is 10.1 Å². The van der Waals surface area contributed by atoms with Gasteiger partial charge in [0.25, 0.3) is 0 Å². The van der Waals surface area contributed by atoms with Crippen LogP contribution in [0, 0.1) is 0 Å². The number of ether oxygens (including phenoxy) is 1. The molecule has 0 saturated carbocycles. The lowest BCUT2D eigenvalue weighted by molar-refractivity contribution is 0.412. The number of hydrogen-bond acceptors (Lipinski definition) is 4. The molecular weight excluding hydrogens is 312 g/mol. The fraction of sp³-hybridized carbons (Fsp3) is 0.308. The van der Waals surface area contributed by atoms with Crippen molar-refractivity contribution in [1.29, 1.82) is 0 Å². The lowest BCUT2D eigenvalue weighted by Gasteiger charge is -2.07. The third-order valence-corrected chi connectivity index (χ3v) is 3.84. The van der Waals surface area contributed by atoms with Crippen molar-refractivity contribution >= 4 is 27.3 Å². The average molecular weight is 327 g/mol. The molecule has 0 aliphatic carbocycles. The molecule has 0 unspecified atom stereocenters. The van der Waals surface area contributed by atoms with E-state index in [2.05, 4.69) is 43.7 Å². The molecule has 0 saturated heterocycles. The molecule has 0 amide bonds. The molecule has 0 fully saturated rings. The number of nitrogens with one attached hydrogen (secondary N) is 1. The van der Waals surface area contributed by atoms with Gasteiger partial charge in [0.1, 0.15) is 5.75 Å². The Balaban J connectivity index is 1.78. The second kappa shape index (κ2) is 6.87. The average Bonchev–Trinajstić information content (AvgIpc) is 2.88. The van der Waals surface area contributed by atoms with Crippen LogP contribution >= 0.6 is 27.3 Å². The first kappa shape index (κ1) is 13.5. The van der Waals surface area contributed by atoms with Crippen LogP contribution in [0.15, 0.2) is 33.6 Å². The standard InChI is InChI=1S/C13H15BrN2OS/c1-17-13-3-2-10(6-12(13)14)7-15-5-4-11-8-18-9-16-11/h2-3,6,8-9,15H,4-5,7H2,1H3. The zero-order chi connectivity index (χ0) is 12.8. The van der Waals surface area contributed by atoms with Crippen molar-refractivity contribution in [2.24, 2.45) is 0 Å². The third-order valence-electron chi connectivity index (χ3n) is 2.59. The minimum atomic E-state index is 0.854. The summed E-state index contributed by atoms with van der Waals surface area (Å²) in [4.78, 5) is 4.25. The zero-order valence-electron chi connectivity index (χ0n) is 10.1. The Morgan fingerprint density at radius 1 is 1.44 bits per heavy atom. The van der Waals surface area contributed by atoms with E-state index in [0.29, 0.717) is 0 Å². The molecule has 3 nitrogen and oxygen atoms in total. The summed E-state index contributed by atoms with van der Waals surface area (Å²) in [5.41, 5.74) is 4.26. The van der Waals surface area contributed by atoms with Crippen LogP contribution in [0.1, 0.15) is 11.3 Å². The highest BCUT2D eigenvalue weighted by molar-refractivity contribution is 9.10. The molecular formula is C13H15BrN2OS. The van der Waals surface area contributed by atoms with E-state index in [0.717, 1.165) is 35.4 Å². The van der Waals surface area contributed by atoms with Crippen LogP contribution in [0.3, 0.4) is 0 Å². The Labute approximate surface area is 119 Å². The minimum Gasteiger partial charge on any atom is -0.496 e. The number of nitrogens with zero attached hydrogens (tertiary/aromatic N) is 1. The predicted molar refractivity (Wildman–Crippen MR) is 78.2 cm³/mol. The van der Waals surface area contributed by atoms with Crippen molar-refractivity contribution in [2.45, 2.75) is 13.0 Å². The van der Waals surface area contributed by atoms with Gasteiger partial charge in [-0.1, -0.05) is 6.07 Å². The van der Waals surface area contributed by atoms with Crippen LogP contribution in [0.25, 0.3) is 0 Å². The van der Waals surface area contributed by atoms with E-state index in [-0.39, 0.29) is 0 Å². The van der Waals surface area contributed by atoms with Gasteiger partial charge in [-0.3, -0.25) is 0 Å². The maximum Gasteiger partial charge on any atom is 0.133 e. The van der Waals surface area contributed by atoms with E-state index >= 15 is 0 Å². The molecule has 1 N–H and O–H groups in total. The SMILES string of the molecule is COc1ccc(CNCCc2cscn2)cc1Br. The molecule has 1 heterocycles. The monoisotopic (exact) mass is 326 g/mol. The first-order valence-electron chi connectivity index (χ1n) is 5.70. The predicted octanol–water partition coefficient (Wildman–Crippen LogP) is 3.25. The van der Waals surface area contributed by atoms with Gasteiger partial charge in [0.05, 0.1) is 22.8 Å². The van der Waals surface area contributed by atoms with Gasteiger partial charge in [-0.2, -0.15) is 0 Å². The smallest absolute Gasteiger partial charge is 0.133 e. The van der Waals surface area contributed by atoms with E-state index in [1.54, 1.807) is 18.4 Å². The molecule has 0 aliphatic heterocycles. The fourth-order valence-electron chi connectivity index (χ4n) is 1.63. The Bertz CT molecular complexity index is 488. The first-order chi connectivity index (χ1) is 8.79. The van der Waals surface area contributed by atoms with Crippen LogP contribution in [0.4, 0.5) is 0 Å². The van der Waals surface area contributed by atoms with Gasteiger partial charge in [0.2, 0.25) is 0 Å². The van der Waals surface area contributed by atoms with Gasteiger partial charge < -0.3 is 10.1 Å². The molecule has 2 aromatic rings. The number of hydrogen-bond donors (Lipinski definition) is 1. The Hall–Kier alpha value is -0.910. The normalized spacial score (nSPS) is 10.6. The molecule has 1 aromatic heterocycles. The molecule has 96 valence electrons. The van der Waals surface area contributed by atoms with Gasteiger partial charge >= 0.3 is 0 Å². The number of methoxy groups -OCH3 is 1. The lowest BCUT2D eigenvalue weighted by Crippen LogP contribution is -2.16. The summed E-state index contributed by atoms with van der Waals surface area (Å²) in [7, 11) is 1.67. The molecule has 0 radical (unpaired) electrons. The second-order valence-corrected chi connectivity index (χ2v) is 5.45. The summed E-state index contributed by atoms with van der Waals surface area (Å²) in [5.74, 6) is 0.862. The van der Waals surface area contributed by atoms with Gasteiger partial charge in [-0.05, 0) is 33.6 Å². The van der Waals surface area contributed by atoms with Crippen molar-refractivity contribution < 1.29 is 4.74 Å². The number of benzene rings is 1. The second-order valence-electron chi connectivity index (χ2n) is 3.88. The van der Waals surface area contributed by atoms with Crippen LogP contribution in [-0.4, -0.2) is 18.6 Å². The molecule has 0 aliphatic rings. The van der Waals surface area contributed by atoms with Crippen LogP contribution in [0.2, 0.25) is 0 Å². The Morgan fingerprint density at radius 3 is 3.00 bits per heavy atom. The number of aromatic nitrogens is 1. The summed E-state index contributed by atoms with van der Waals surface area (Å²) in [6.07, 6.45) is 0.973. The highest BCUT2D eigenvalue weighted by Crippen LogP contribution is 2.25. The van der Waals surface area contributed by atoms with Crippen LogP contribution in [0.5, 0.6) is 5.75 Å². The van der Waals surface area contributed by atoms with Crippen molar-refractivity contribution in [3.63, 3.8) is 0 Å². The van der Waals surface area contributed by atoms with E-state index < -0.39 is 0 Å². The fourth-order valence-corrected chi connectivity index (χ4v) is 2.81. The van der Waals surface area contributed by atoms with Gasteiger partial charge in [0, 0.05) is 24.9 Å². The summed E-state index contributed by atoms with van der Waals surface area (Å²) in [6, 6.07) is 6.12. The number of halogens is 1. The highest BCUT2D eigenvalue weighted by Gasteiger charge is 2.01. The lowest BCUT2D eigenvalue weighted by atomic mass is 10.2. The van der Waals surface area contributed by atoms with E-state index in [4.69, 9.17) is 4.74 Å². The minimum absolute atomic E-state index is 0.854. The summed E-state index contributed by atoms with van der Waals surface area (Å²) < 4.78 is 6.19. The van der Waals surface area contributed by atoms with Crippen molar-refractivity contribution in [1.82, 2.24) is 10.3 Å². The maximum absolute atomic E-state index is 5.20. The van der Waals surface area contributed by atoms with Crippen molar-refractivity contribution in [3.05, 3.63) is 44.8 Å². The first-order valence-corrected chi connectivity index (χ1v) is 7.43. The van der Waals surface area contributed by atoms with E-state index in [1.165, 1.54) is 5.56 Å². The van der Waals surface area contributed by atoms with Gasteiger partial charge in [0.15, 0.2) is 0 Å². The Morgan fingerprint density at radius 2 is 2.33 bits per heavy atom. The number of thiazole rings is 1. The largest absolute Gasteiger partial charge is 0.496 e. The highest BCUT2D eigenvalue weighted by atomic mass is 79.9. The molecule has 0 atom stereocenters. The van der Waals surface area contributed by atoms with Crippen molar-refractivity contribution in [2.75, 3.05) is 13.7 Å². The van der Waals surface area contributed by atoms with E-state index in [1.807, 2.05) is 11.6 Å². The van der Waals surface area contributed by atoms with Gasteiger partial charge in [-0.15, -0.1) is 11.3 Å². The maximum atomic E-state index is 5.20. The summed E-state index contributed by atoms with van der Waals surface area (Å²) >= 11 is 5.13. The summed E-state index contributed by atoms with van der Waals surface area (Å²) in [5, 5.41) is 5.50. The molecule has 2 rings (SSSR count). The topological polar surface area (TPSA) is 34.1 Å². The molecule has 0 bridgehead atoms. The zero-order valence-corrected chi connectivity index (χ0v) is 12.6. The van der Waals surface area contributed by atoms with E-state index in [9.17, 15) is 0 Å². The van der Waals surface area contributed by atoms with Gasteiger partial charge in [-0.25, -0.2) is 4.98 Å². The summed E-state index contributed by atoms with van der Waals surface area (Å²) in [6.45, 7) is 1.79. The Kier molecular flexibility index (Phi) is 5.16. The molecule has 1 aromatic carbocycles.